The molecular formula is C46H47N3O6S. The molecule has 10 heteroatoms. The van der Waals surface area contributed by atoms with E-state index in [-0.39, 0.29) is 24.2 Å². The van der Waals surface area contributed by atoms with Gasteiger partial charge in [0.1, 0.15) is 18.7 Å². The van der Waals surface area contributed by atoms with Crippen LogP contribution in [0.5, 0.6) is 0 Å². The van der Waals surface area contributed by atoms with Crippen LogP contribution in [-0.2, 0) is 28.6 Å². The Hall–Kier alpha value is -5.87. The number of methoxy groups -OCH3 is 1. The highest BCUT2D eigenvalue weighted by Gasteiger charge is 2.39. The summed E-state index contributed by atoms with van der Waals surface area (Å²) in [6.45, 7) is 3.44. The van der Waals surface area contributed by atoms with Gasteiger partial charge in [-0.15, -0.1) is 11.8 Å². The molecule has 0 bridgehead atoms. The molecule has 288 valence electrons. The van der Waals surface area contributed by atoms with Crippen LogP contribution in [0.15, 0.2) is 140 Å². The Kier molecular flexibility index (Phi) is 13.3. The number of thioether (sulfide) groups is 1. The summed E-state index contributed by atoms with van der Waals surface area (Å²) in [6, 6.07) is 44.2. The summed E-state index contributed by atoms with van der Waals surface area (Å²) >= 11 is 1.51. The predicted octanol–water partition coefficient (Wildman–Crippen LogP) is 7.44. The molecule has 0 saturated heterocycles. The third-order valence-corrected chi connectivity index (χ3v) is 12.0. The Balaban J connectivity index is 1.11. The summed E-state index contributed by atoms with van der Waals surface area (Å²) in [6.07, 6.45) is -0.139. The first-order valence-electron chi connectivity index (χ1n) is 18.8. The smallest absolute Gasteiger partial charge is 0.407 e. The highest BCUT2D eigenvalue weighted by Crippen LogP contribution is 2.49. The van der Waals surface area contributed by atoms with Crippen molar-refractivity contribution >= 4 is 35.6 Å². The van der Waals surface area contributed by atoms with Crippen molar-refractivity contribution in [3.63, 3.8) is 0 Å². The Morgan fingerprint density at radius 3 is 1.66 bits per heavy atom. The maximum absolute atomic E-state index is 13.5. The van der Waals surface area contributed by atoms with Crippen LogP contribution in [0.2, 0.25) is 0 Å². The average molecular weight is 770 g/mol. The number of carbonyl (C=O) groups is 4. The van der Waals surface area contributed by atoms with Crippen LogP contribution in [0.1, 0.15) is 54.0 Å². The van der Waals surface area contributed by atoms with Gasteiger partial charge in [0.25, 0.3) is 0 Å². The lowest BCUT2D eigenvalue weighted by Crippen LogP contribution is -2.53. The number of amides is 3. The minimum atomic E-state index is -1.03. The lowest BCUT2D eigenvalue weighted by molar-refractivity contribution is -0.144. The molecular weight excluding hydrogens is 723 g/mol. The standard InChI is InChI=1S/C46H47N3O6S/c1-4-31(2)42(49-45(53)55-29-39-37-26-16-14-24-35(37)36-25-15-17-27-38(36)39)43(51)47-28-41(50)48-40(44(52)54-3)30-56-46(32-18-8-5-9-19-32,33-20-10-6-11-21-33)34-22-12-7-13-23-34/h5-27,31,39-40,42H,4,28-30H2,1-3H3,(H,47,51)(H,48,50)(H,49,53)/t31-,40?,42?/m0/s1. The average Bonchev–Trinajstić information content (AvgIpc) is 3.57. The van der Waals surface area contributed by atoms with Crippen molar-refractivity contribution < 1.29 is 28.7 Å². The zero-order valence-corrected chi connectivity index (χ0v) is 32.6. The van der Waals surface area contributed by atoms with Crippen molar-refractivity contribution in [1.82, 2.24) is 16.0 Å². The van der Waals surface area contributed by atoms with Crippen molar-refractivity contribution in [3.05, 3.63) is 167 Å². The topological polar surface area (TPSA) is 123 Å². The number of carbonyl (C=O) groups excluding carboxylic acids is 4. The fourth-order valence-corrected chi connectivity index (χ4v) is 8.82. The quantitative estimate of drug-likeness (QED) is 0.0705. The fraction of sp³-hybridized carbons (Fsp3) is 0.261. The maximum atomic E-state index is 13.5. The minimum Gasteiger partial charge on any atom is -0.467 e. The molecule has 3 N–H and O–H groups in total. The monoisotopic (exact) mass is 769 g/mol. The third kappa shape index (κ3) is 8.81. The van der Waals surface area contributed by atoms with Gasteiger partial charge in [0, 0.05) is 11.7 Å². The van der Waals surface area contributed by atoms with Gasteiger partial charge < -0.3 is 25.4 Å². The number of benzene rings is 5. The largest absolute Gasteiger partial charge is 0.467 e. The number of hydrogen-bond acceptors (Lipinski definition) is 7. The molecule has 0 aliphatic heterocycles. The van der Waals surface area contributed by atoms with Gasteiger partial charge in [-0.1, -0.05) is 160 Å². The van der Waals surface area contributed by atoms with E-state index >= 15 is 0 Å². The molecule has 3 atom stereocenters. The van der Waals surface area contributed by atoms with Crippen molar-refractivity contribution in [3.8, 4) is 11.1 Å². The van der Waals surface area contributed by atoms with E-state index < -0.39 is 47.3 Å². The van der Waals surface area contributed by atoms with Gasteiger partial charge in [0.2, 0.25) is 11.8 Å². The zero-order chi connectivity index (χ0) is 39.5. The lowest BCUT2D eigenvalue weighted by Gasteiger charge is -2.36. The normalized spacial score (nSPS) is 13.6. The summed E-state index contributed by atoms with van der Waals surface area (Å²) in [5, 5.41) is 8.17. The molecule has 5 aromatic carbocycles. The summed E-state index contributed by atoms with van der Waals surface area (Å²) in [5.41, 5.74) is 7.40. The second-order valence-electron chi connectivity index (χ2n) is 13.8. The van der Waals surface area contributed by atoms with E-state index in [1.807, 2.05) is 105 Å². The molecule has 5 aromatic rings. The van der Waals surface area contributed by atoms with Gasteiger partial charge in [-0.3, -0.25) is 9.59 Å². The highest BCUT2D eigenvalue weighted by molar-refractivity contribution is 8.00. The van der Waals surface area contributed by atoms with E-state index in [4.69, 9.17) is 9.47 Å². The van der Waals surface area contributed by atoms with Crippen molar-refractivity contribution in [2.45, 2.75) is 43.0 Å². The SMILES string of the molecule is CC[C@H](C)C(NC(=O)OCC1c2ccccc2-c2ccccc21)C(=O)NCC(=O)NC(CSC(c1ccccc1)(c1ccccc1)c1ccccc1)C(=O)OC. The second kappa shape index (κ2) is 18.6. The summed E-state index contributed by atoms with van der Waals surface area (Å²) < 4.78 is 10.1. The predicted molar refractivity (Wildman–Crippen MR) is 220 cm³/mol. The van der Waals surface area contributed by atoms with Crippen LogP contribution in [-0.4, -0.2) is 62.0 Å². The Bertz CT molecular complexity index is 1970. The van der Waals surface area contributed by atoms with Crippen LogP contribution in [0.4, 0.5) is 4.79 Å². The molecule has 0 fully saturated rings. The molecule has 0 radical (unpaired) electrons. The molecule has 0 aromatic heterocycles. The number of alkyl carbamates (subject to hydrolysis) is 1. The summed E-state index contributed by atoms with van der Waals surface area (Å²) in [4.78, 5) is 53.2. The van der Waals surface area contributed by atoms with Gasteiger partial charge in [0.05, 0.1) is 18.4 Å². The van der Waals surface area contributed by atoms with E-state index in [0.717, 1.165) is 38.9 Å². The maximum Gasteiger partial charge on any atom is 0.407 e. The number of esters is 1. The molecule has 3 amide bonds. The first-order valence-corrected chi connectivity index (χ1v) is 19.8. The van der Waals surface area contributed by atoms with Gasteiger partial charge in [-0.2, -0.15) is 0 Å². The van der Waals surface area contributed by atoms with Crippen LogP contribution in [0.25, 0.3) is 11.1 Å². The highest BCUT2D eigenvalue weighted by atomic mass is 32.2. The van der Waals surface area contributed by atoms with Crippen molar-refractivity contribution in [2.24, 2.45) is 5.92 Å². The lowest BCUT2D eigenvalue weighted by atomic mass is 9.84. The van der Waals surface area contributed by atoms with Crippen LogP contribution in [0, 0.1) is 5.92 Å². The van der Waals surface area contributed by atoms with Crippen LogP contribution in [0.3, 0.4) is 0 Å². The number of nitrogens with one attached hydrogen (secondary N) is 3. The molecule has 9 nitrogen and oxygen atoms in total. The van der Waals surface area contributed by atoms with E-state index in [1.54, 1.807) is 0 Å². The number of ether oxygens (including phenoxy) is 2. The first kappa shape index (κ1) is 39.8. The van der Waals surface area contributed by atoms with E-state index in [1.165, 1.54) is 18.9 Å². The van der Waals surface area contributed by atoms with Crippen LogP contribution < -0.4 is 16.0 Å². The second-order valence-corrected chi connectivity index (χ2v) is 15.0. The molecule has 0 heterocycles. The van der Waals surface area contributed by atoms with Gasteiger partial charge in [-0.05, 0) is 44.9 Å². The van der Waals surface area contributed by atoms with Gasteiger partial charge in [0.15, 0.2) is 0 Å². The Labute approximate surface area is 332 Å². The summed E-state index contributed by atoms with van der Waals surface area (Å²) in [7, 11) is 1.28. The Morgan fingerprint density at radius 1 is 0.696 bits per heavy atom. The molecule has 1 aliphatic rings. The Morgan fingerprint density at radius 2 is 1.18 bits per heavy atom. The van der Waals surface area contributed by atoms with E-state index in [9.17, 15) is 19.2 Å². The fourth-order valence-electron chi connectivity index (χ4n) is 7.28. The number of hydrogen-bond donors (Lipinski definition) is 3. The number of rotatable bonds is 16. The molecule has 0 saturated carbocycles. The number of fused-ring (bicyclic) bond motifs is 3. The van der Waals surface area contributed by atoms with Crippen LogP contribution >= 0.6 is 11.8 Å². The zero-order valence-electron chi connectivity index (χ0n) is 31.8. The minimum absolute atomic E-state index is 0.101. The molecule has 56 heavy (non-hydrogen) atoms. The molecule has 2 unspecified atom stereocenters. The first-order chi connectivity index (χ1) is 27.3. The summed E-state index contributed by atoms with van der Waals surface area (Å²) in [5.74, 6) is -1.98. The molecule has 0 spiro atoms. The van der Waals surface area contributed by atoms with Gasteiger partial charge in [-0.25, -0.2) is 9.59 Å². The third-order valence-electron chi connectivity index (χ3n) is 10.4. The van der Waals surface area contributed by atoms with Gasteiger partial charge >= 0.3 is 12.1 Å². The molecule has 1 aliphatic carbocycles. The van der Waals surface area contributed by atoms with Crippen molar-refractivity contribution in [1.29, 1.82) is 0 Å². The van der Waals surface area contributed by atoms with Crippen molar-refractivity contribution in [2.75, 3.05) is 26.0 Å². The molecule has 6 rings (SSSR count). The van der Waals surface area contributed by atoms with E-state index in [0.29, 0.717) is 6.42 Å². The van der Waals surface area contributed by atoms with E-state index in [2.05, 4.69) is 64.5 Å².